The van der Waals surface area contributed by atoms with E-state index in [9.17, 15) is 8.42 Å². The van der Waals surface area contributed by atoms with Gasteiger partial charge >= 0.3 is 0 Å². The minimum atomic E-state index is -3.29. The van der Waals surface area contributed by atoms with E-state index in [0.717, 1.165) is 5.56 Å². The fourth-order valence-corrected chi connectivity index (χ4v) is 3.14. The summed E-state index contributed by atoms with van der Waals surface area (Å²) in [5.74, 6) is 0.0661. The fourth-order valence-electron chi connectivity index (χ4n) is 1.56. The van der Waals surface area contributed by atoms with Crippen LogP contribution >= 0.6 is 11.3 Å². The summed E-state index contributed by atoms with van der Waals surface area (Å²) in [6.07, 6.45) is 0.495. The first-order valence-electron chi connectivity index (χ1n) is 5.76. The number of anilines is 1. The van der Waals surface area contributed by atoms with Crippen LogP contribution in [0.5, 0.6) is 0 Å². The number of benzene rings is 1. The molecule has 0 radical (unpaired) electrons. The standard InChI is InChI=1S/C12H15N3O2S2/c13-12-15-11(9-18-12)8-14-19(16,17)7-6-10-4-2-1-3-5-10/h1-5,9,14H,6-8H2,(H2,13,15). The lowest BCUT2D eigenvalue weighted by Gasteiger charge is -2.05. The van der Waals surface area contributed by atoms with Crippen molar-refractivity contribution in [3.8, 4) is 0 Å². The Hall–Kier alpha value is -1.44. The summed E-state index contributed by atoms with van der Waals surface area (Å²) in [4.78, 5) is 4.00. The highest BCUT2D eigenvalue weighted by Crippen LogP contribution is 2.11. The topological polar surface area (TPSA) is 85.1 Å². The van der Waals surface area contributed by atoms with E-state index in [1.807, 2.05) is 30.3 Å². The number of hydrogen-bond donors (Lipinski definition) is 2. The van der Waals surface area contributed by atoms with E-state index in [1.54, 1.807) is 5.38 Å². The second kappa shape index (κ2) is 6.14. The van der Waals surface area contributed by atoms with E-state index in [1.165, 1.54) is 11.3 Å². The molecule has 0 spiro atoms. The number of nitrogen functional groups attached to an aromatic ring is 1. The van der Waals surface area contributed by atoms with Gasteiger partial charge in [0.1, 0.15) is 0 Å². The van der Waals surface area contributed by atoms with Crippen molar-refractivity contribution < 1.29 is 8.42 Å². The quantitative estimate of drug-likeness (QED) is 0.843. The molecule has 7 heteroatoms. The number of sulfonamides is 1. The summed E-state index contributed by atoms with van der Waals surface area (Å²) in [6.45, 7) is 0.185. The molecular weight excluding hydrogens is 282 g/mol. The van der Waals surface area contributed by atoms with Crippen molar-refractivity contribution in [1.82, 2.24) is 9.71 Å². The van der Waals surface area contributed by atoms with Crippen molar-refractivity contribution in [2.24, 2.45) is 0 Å². The summed E-state index contributed by atoms with van der Waals surface area (Å²) in [6, 6.07) is 9.52. The highest BCUT2D eigenvalue weighted by molar-refractivity contribution is 7.89. The molecule has 0 saturated carbocycles. The molecule has 5 nitrogen and oxygen atoms in total. The van der Waals surface area contributed by atoms with Crippen LogP contribution in [0, 0.1) is 0 Å². The molecule has 0 aliphatic carbocycles. The van der Waals surface area contributed by atoms with Gasteiger partial charge in [0.25, 0.3) is 0 Å². The van der Waals surface area contributed by atoms with E-state index in [0.29, 0.717) is 17.2 Å². The predicted octanol–water partition coefficient (Wildman–Crippen LogP) is 1.39. The molecule has 0 aliphatic heterocycles. The lowest BCUT2D eigenvalue weighted by atomic mass is 10.2. The fraction of sp³-hybridized carbons (Fsp3) is 0.250. The molecule has 19 heavy (non-hydrogen) atoms. The molecule has 0 amide bonds. The maximum Gasteiger partial charge on any atom is 0.212 e. The molecule has 1 aromatic carbocycles. The van der Waals surface area contributed by atoms with Gasteiger partial charge in [-0.15, -0.1) is 11.3 Å². The number of nitrogens with zero attached hydrogens (tertiary/aromatic N) is 1. The first kappa shape index (κ1) is 14.0. The highest BCUT2D eigenvalue weighted by Gasteiger charge is 2.11. The van der Waals surface area contributed by atoms with Gasteiger partial charge in [-0.1, -0.05) is 30.3 Å². The van der Waals surface area contributed by atoms with Crippen LogP contribution in [0.3, 0.4) is 0 Å². The summed E-state index contributed by atoms with van der Waals surface area (Å²) in [5.41, 5.74) is 7.13. The number of aromatic nitrogens is 1. The predicted molar refractivity (Wildman–Crippen MR) is 77.3 cm³/mol. The molecule has 0 unspecified atom stereocenters. The van der Waals surface area contributed by atoms with Gasteiger partial charge in [0.15, 0.2) is 5.13 Å². The zero-order valence-electron chi connectivity index (χ0n) is 10.2. The van der Waals surface area contributed by atoms with Gasteiger partial charge < -0.3 is 5.73 Å². The maximum absolute atomic E-state index is 11.8. The van der Waals surface area contributed by atoms with Crippen molar-refractivity contribution in [3.05, 3.63) is 47.0 Å². The summed E-state index contributed by atoms with van der Waals surface area (Å²) in [7, 11) is -3.29. The number of hydrogen-bond acceptors (Lipinski definition) is 5. The number of aryl methyl sites for hydroxylation is 1. The van der Waals surface area contributed by atoms with E-state index in [-0.39, 0.29) is 12.3 Å². The lowest BCUT2D eigenvalue weighted by molar-refractivity contribution is 0.580. The minimum Gasteiger partial charge on any atom is -0.375 e. The third-order valence-electron chi connectivity index (χ3n) is 2.55. The smallest absolute Gasteiger partial charge is 0.212 e. The van der Waals surface area contributed by atoms with Gasteiger partial charge in [0.05, 0.1) is 18.0 Å². The third-order valence-corrected chi connectivity index (χ3v) is 4.59. The molecule has 1 aromatic heterocycles. The summed E-state index contributed by atoms with van der Waals surface area (Å²) >= 11 is 1.30. The van der Waals surface area contributed by atoms with Crippen molar-refractivity contribution >= 4 is 26.5 Å². The van der Waals surface area contributed by atoms with Crippen LogP contribution in [-0.2, 0) is 23.0 Å². The number of thiazole rings is 1. The highest BCUT2D eigenvalue weighted by atomic mass is 32.2. The van der Waals surface area contributed by atoms with Crippen molar-refractivity contribution in [2.75, 3.05) is 11.5 Å². The van der Waals surface area contributed by atoms with Crippen LogP contribution in [0.25, 0.3) is 0 Å². The van der Waals surface area contributed by atoms with E-state index < -0.39 is 10.0 Å². The van der Waals surface area contributed by atoms with Gasteiger partial charge in [0, 0.05) is 5.38 Å². The SMILES string of the molecule is Nc1nc(CNS(=O)(=O)CCc2ccccc2)cs1. The average molecular weight is 297 g/mol. The van der Waals surface area contributed by atoms with Gasteiger partial charge in [-0.25, -0.2) is 18.1 Å². The lowest BCUT2D eigenvalue weighted by Crippen LogP contribution is -2.27. The average Bonchev–Trinajstić information content (AvgIpc) is 2.82. The molecule has 0 atom stereocenters. The molecule has 3 N–H and O–H groups in total. The van der Waals surface area contributed by atoms with E-state index in [4.69, 9.17) is 5.73 Å². The van der Waals surface area contributed by atoms with Gasteiger partial charge in [0.2, 0.25) is 10.0 Å². The minimum absolute atomic E-state index is 0.0661. The van der Waals surface area contributed by atoms with Gasteiger partial charge in [-0.3, -0.25) is 0 Å². The van der Waals surface area contributed by atoms with Crippen LogP contribution in [0.4, 0.5) is 5.13 Å². The Morgan fingerprint density at radius 2 is 2.00 bits per heavy atom. The van der Waals surface area contributed by atoms with E-state index in [2.05, 4.69) is 9.71 Å². The molecule has 2 rings (SSSR count). The van der Waals surface area contributed by atoms with Crippen LogP contribution < -0.4 is 10.5 Å². The van der Waals surface area contributed by atoms with Crippen LogP contribution in [0.1, 0.15) is 11.3 Å². The summed E-state index contributed by atoms with van der Waals surface area (Å²) in [5, 5.41) is 2.19. The monoisotopic (exact) mass is 297 g/mol. The Kier molecular flexibility index (Phi) is 4.52. The van der Waals surface area contributed by atoms with Crippen LogP contribution in [0.15, 0.2) is 35.7 Å². The zero-order valence-corrected chi connectivity index (χ0v) is 11.9. The molecule has 0 saturated heterocycles. The number of nitrogens with one attached hydrogen (secondary N) is 1. The Bertz CT molecular complexity index is 623. The number of nitrogens with two attached hydrogens (primary N) is 1. The Morgan fingerprint density at radius 1 is 1.26 bits per heavy atom. The largest absolute Gasteiger partial charge is 0.375 e. The molecular formula is C12H15N3O2S2. The first-order chi connectivity index (χ1) is 9.05. The van der Waals surface area contributed by atoms with Crippen LogP contribution in [0.2, 0.25) is 0 Å². The Morgan fingerprint density at radius 3 is 2.63 bits per heavy atom. The van der Waals surface area contributed by atoms with Crippen molar-refractivity contribution in [2.45, 2.75) is 13.0 Å². The van der Waals surface area contributed by atoms with Crippen molar-refractivity contribution in [3.63, 3.8) is 0 Å². The third kappa shape index (κ3) is 4.62. The Labute approximate surface area is 116 Å². The molecule has 0 fully saturated rings. The number of rotatable bonds is 6. The first-order valence-corrected chi connectivity index (χ1v) is 8.29. The van der Waals surface area contributed by atoms with Crippen molar-refractivity contribution in [1.29, 1.82) is 0 Å². The maximum atomic E-state index is 11.8. The van der Waals surface area contributed by atoms with Crippen LogP contribution in [-0.4, -0.2) is 19.2 Å². The normalized spacial score (nSPS) is 11.6. The second-order valence-corrected chi connectivity index (χ2v) is 6.87. The second-order valence-electron chi connectivity index (χ2n) is 4.05. The molecule has 2 aromatic rings. The summed E-state index contributed by atoms with van der Waals surface area (Å²) < 4.78 is 26.2. The van der Waals surface area contributed by atoms with Gasteiger partial charge in [-0.05, 0) is 12.0 Å². The Balaban J connectivity index is 1.85. The molecule has 1 heterocycles. The van der Waals surface area contributed by atoms with E-state index >= 15 is 0 Å². The zero-order chi connectivity index (χ0) is 13.7. The molecule has 0 bridgehead atoms. The van der Waals surface area contributed by atoms with Gasteiger partial charge in [-0.2, -0.15) is 0 Å². The molecule has 0 aliphatic rings. The molecule has 102 valence electrons.